The lowest BCUT2D eigenvalue weighted by Gasteiger charge is -2.32. The first-order chi connectivity index (χ1) is 18.7. The molecule has 1 aliphatic rings. The summed E-state index contributed by atoms with van der Waals surface area (Å²) in [6.45, 7) is 4.43. The molecule has 0 radical (unpaired) electrons. The van der Waals surface area contributed by atoms with E-state index in [9.17, 15) is 22.4 Å². The van der Waals surface area contributed by atoms with Crippen LogP contribution in [-0.2, 0) is 30.2 Å². The van der Waals surface area contributed by atoms with Crippen molar-refractivity contribution in [1.29, 1.82) is 0 Å². The van der Waals surface area contributed by atoms with Crippen LogP contribution in [0, 0.1) is 5.82 Å². The van der Waals surface area contributed by atoms with Crippen LogP contribution in [0.25, 0.3) is 22.3 Å². The summed E-state index contributed by atoms with van der Waals surface area (Å²) in [5, 5.41) is 0. The van der Waals surface area contributed by atoms with Crippen molar-refractivity contribution in [2.24, 2.45) is 7.05 Å². The van der Waals surface area contributed by atoms with Gasteiger partial charge in [0.15, 0.2) is 0 Å². The van der Waals surface area contributed by atoms with Crippen molar-refractivity contribution in [1.82, 2.24) is 23.7 Å². The number of piperidine rings is 1. The molecular formula is C28H32FN5O4S. The standard InChI is InChI=1S/C28H32FN5O4S/c1-3-14-34-27(35)26-25(32(2)28(34)36)17-24(30-26)20-6-10-23(11-7-20)39(37,38)31-22-12-15-33(16-13-22)18-19-4-8-21(29)9-5-19/h4-11,17,22,30-31H,3,12-16,18H2,1-2H3. The van der Waals surface area contributed by atoms with Crippen LogP contribution in [0.5, 0.6) is 0 Å². The second-order valence-corrected chi connectivity index (χ2v) is 11.8. The molecule has 2 aromatic carbocycles. The zero-order chi connectivity index (χ0) is 27.7. The van der Waals surface area contributed by atoms with Crippen molar-refractivity contribution in [2.45, 2.75) is 50.2 Å². The molecule has 11 heteroatoms. The molecule has 9 nitrogen and oxygen atoms in total. The van der Waals surface area contributed by atoms with Gasteiger partial charge >= 0.3 is 5.69 Å². The minimum absolute atomic E-state index is 0.161. The molecule has 39 heavy (non-hydrogen) atoms. The lowest BCUT2D eigenvalue weighted by Crippen LogP contribution is -2.44. The fourth-order valence-electron chi connectivity index (χ4n) is 5.11. The molecule has 4 aromatic rings. The van der Waals surface area contributed by atoms with E-state index in [-0.39, 0.29) is 28.0 Å². The van der Waals surface area contributed by atoms with Crippen LogP contribution in [0.2, 0.25) is 0 Å². The van der Waals surface area contributed by atoms with Gasteiger partial charge in [-0.2, -0.15) is 0 Å². The fourth-order valence-corrected chi connectivity index (χ4v) is 6.42. The monoisotopic (exact) mass is 553 g/mol. The van der Waals surface area contributed by atoms with Gasteiger partial charge in [-0.1, -0.05) is 31.2 Å². The van der Waals surface area contributed by atoms with Crippen molar-refractivity contribution in [3.63, 3.8) is 0 Å². The molecule has 1 fully saturated rings. The summed E-state index contributed by atoms with van der Waals surface area (Å²) in [6.07, 6.45) is 2.02. The van der Waals surface area contributed by atoms with Gasteiger partial charge in [0, 0.05) is 45.0 Å². The molecule has 2 N–H and O–H groups in total. The number of fused-ring (bicyclic) bond motifs is 1. The maximum absolute atomic E-state index is 13.1. The molecule has 0 bridgehead atoms. The highest BCUT2D eigenvalue weighted by molar-refractivity contribution is 7.89. The van der Waals surface area contributed by atoms with Gasteiger partial charge in [-0.15, -0.1) is 0 Å². The smallest absolute Gasteiger partial charge is 0.331 e. The summed E-state index contributed by atoms with van der Waals surface area (Å²) >= 11 is 0. The van der Waals surface area contributed by atoms with Crippen molar-refractivity contribution < 1.29 is 12.8 Å². The number of aromatic nitrogens is 3. The molecule has 1 saturated heterocycles. The number of halogens is 1. The number of hydrogen-bond acceptors (Lipinski definition) is 5. The predicted octanol–water partition coefficient (Wildman–Crippen LogP) is 3.19. The minimum Gasteiger partial charge on any atom is -0.349 e. The topological polar surface area (TPSA) is 109 Å². The van der Waals surface area contributed by atoms with Crippen LogP contribution in [0.3, 0.4) is 0 Å². The maximum atomic E-state index is 13.1. The number of nitrogens with zero attached hydrogens (tertiary/aromatic N) is 3. The highest BCUT2D eigenvalue weighted by Crippen LogP contribution is 2.24. The molecule has 0 aliphatic carbocycles. The lowest BCUT2D eigenvalue weighted by atomic mass is 10.1. The van der Waals surface area contributed by atoms with E-state index >= 15 is 0 Å². The Kier molecular flexibility index (Phi) is 7.57. The molecule has 5 rings (SSSR count). The van der Waals surface area contributed by atoms with Crippen LogP contribution in [0.1, 0.15) is 31.7 Å². The van der Waals surface area contributed by atoms with Crippen LogP contribution in [-0.4, -0.2) is 46.6 Å². The van der Waals surface area contributed by atoms with Crippen LogP contribution >= 0.6 is 0 Å². The zero-order valence-corrected chi connectivity index (χ0v) is 22.8. The van der Waals surface area contributed by atoms with Crippen molar-refractivity contribution in [3.8, 4) is 11.3 Å². The summed E-state index contributed by atoms with van der Waals surface area (Å²) in [7, 11) is -2.09. The van der Waals surface area contributed by atoms with E-state index < -0.39 is 10.0 Å². The Morgan fingerprint density at radius 3 is 2.33 bits per heavy atom. The number of H-pyrrole nitrogens is 1. The molecule has 2 aromatic heterocycles. The lowest BCUT2D eigenvalue weighted by molar-refractivity contribution is 0.200. The minimum atomic E-state index is -3.71. The Balaban J connectivity index is 1.27. The summed E-state index contributed by atoms with van der Waals surface area (Å²) in [5.41, 5.74) is 2.45. The number of benzene rings is 2. The molecule has 0 amide bonds. The average Bonchev–Trinajstić information content (AvgIpc) is 3.38. The molecule has 0 spiro atoms. The Bertz CT molecular complexity index is 1700. The average molecular weight is 554 g/mol. The molecule has 206 valence electrons. The number of hydrogen-bond donors (Lipinski definition) is 2. The normalized spacial score (nSPS) is 15.3. The number of rotatable bonds is 8. The molecule has 3 heterocycles. The van der Waals surface area contributed by atoms with Gasteiger partial charge in [0.25, 0.3) is 5.56 Å². The van der Waals surface area contributed by atoms with Crippen molar-refractivity contribution in [3.05, 3.63) is 86.8 Å². The molecule has 0 unspecified atom stereocenters. The second kappa shape index (κ2) is 10.9. The highest BCUT2D eigenvalue weighted by Gasteiger charge is 2.25. The number of sulfonamides is 1. The van der Waals surface area contributed by atoms with Gasteiger partial charge < -0.3 is 4.98 Å². The number of nitrogens with one attached hydrogen (secondary N) is 2. The van der Waals surface area contributed by atoms with Gasteiger partial charge in [-0.05, 0) is 60.7 Å². The third-order valence-corrected chi connectivity index (χ3v) is 8.82. The first-order valence-corrected chi connectivity index (χ1v) is 14.6. The maximum Gasteiger partial charge on any atom is 0.331 e. The zero-order valence-electron chi connectivity index (χ0n) is 22.0. The summed E-state index contributed by atoms with van der Waals surface area (Å²) in [4.78, 5) is 31.0. The third kappa shape index (κ3) is 5.61. The molecule has 0 saturated carbocycles. The first kappa shape index (κ1) is 27.0. The summed E-state index contributed by atoms with van der Waals surface area (Å²) in [6, 6.07) is 14.5. The third-order valence-electron chi connectivity index (χ3n) is 7.29. The van der Waals surface area contributed by atoms with Crippen LogP contribution < -0.4 is 16.0 Å². The molecule has 1 aliphatic heterocycles. The van der Waals surface area contributed by atoms with E-state index in [2.05, 4.69) is 14.6 Å². The van der Waals surface area contributed by atoms with E-state index in [1.165, 1.54) is 21.3 Å². The van der Waals surface area contributed by atoms with Crippen LogP contribution in [0.15, 0.2) is 69.1 Å². The van der Waals surface area contributed by atoms with E-state index in [0.29, 0.717) is 54.6 Å². The largest absolute Gasteiger partial charge is 0.349 e. The second-order valence-electron chi connectivity index (χ2n) is 10.1. The Labute approximate surface area is 225 Å². The highest BCUT2D eigenvalue weighted by atomic mass is 32.2. The van der Waals surface area contributed by atoms with Crippen LogP contribution in [0.4, 0.5) is 4.39 Å². The summed E-state index contributed by atoms with van der Waals surface area (Å²) in [5.74, 6) is -0.259. The van der Waals surface area contributed by atoms with E-state index in [1.54, 1.807) is 49.5 Å². The Morgan fingerprint density at radius 2 is 1.69 bits per heavy atom. The Hall–Kier alpha value is -3.54. The molecular weight excluding hydrogens is 521 g/mol. The van der Waals surface area contributed by atoms with E-state index in [4.69, 9.17) is 0 Å². The summed E-state index contributed by atoms with van der Waals surface area (Å²) < 4.78 is 44.8. The predicted molar refractivity (Wildman–Crippen MR) is 149 cm³/mol. The molecule has 0 atom stereocenters. The first-order valence-electron chi connectivity index (χ1n) is 13.1. The number of aryl methyl sites for hydroxylation is 1. The van der Waals surface area contributed by atoms with Gasteiger partial charge in [0.2, 0.25) is 10.0 Å². The van der Waals surface area contributed by atoms with Gasteiger partial charge in [0.1, 0.15) is 11.3 Å². The SMILES string of the molecule is CCCn1c(=O)c2[nH]c(-c3ccc(S(=O)(=O)NC4CCN(Cc5ccc(F)cc5)CC4)cc3)cc2n(C)c1=O. The van der Waals surface area contributed by atoms with Crippen molar-refractivity contribution in [2.75, 3.05) is 13.1 Å². The van der Waals surface area contributed by atoms with E-state index in [0.717, 1.165) is 18.7 Å². The quantitative estimate of drug-likeness (QED) is 0.348. The van der Waals surface area contributed by atoms with Gasteiger partial charge in [-0.25, -0.2) is 22.3 Å². The van der Waals surface area contributed by atoms with Crippen molar-refractivity contribution >= 4 is 21.1 Å². The number of aromatic amines is 1. The Morgan fingerprint density at radius 1 is 1.03 bits per heavy atom. The van der Waals surface area contributed by atoms with E-state index in [1.807, 2.05) is 6.92 Å². The fraction of sp³-hybridized carbons (Fsp3) is 0.357. The number of likely N-dealkylation sites (tertiary alicyclic amines) is 1. The van der Waals surface area contributed by atoms with Gasteiger partial charge in [0.05, 0.1) is 10.4 Å². The van der Waals surface area contributed by atoms with Gasteiger partial charge in [-0.3, -0.25) is 18.8 Å².